The van der Waals surface area contributed by atoms with E-state index in [4.69, 9.17) is 0 Å². The van der Waals surface area contributed by atoms with Crippen LogP contribution in [0.25, 0.3) is 11.3 Å². The highest BCUT2D eigenvalue weighted by molar-refractivity contribution is 7.92. The van der Waals surface area contributed by atoms with Crippen molar-refractivity contribution in [2.75, 3.05) is 22.7 Å². The van der Waals surface area contributed by atoms with Crippen molar-refractivity contribution in [1.29, 1.82) is 0 Å². The van der Waals surface area contributed by atoms with Gasteiger partial charge in [0.05, 0.1) is 11.3 Å². The SMILES string of the molecule is CC1CCN(c2cccc(S(=O)(=O)Nc3ccc(C(F)(F)F)c(-c4ccccc4C4CCCC4)n3)n2)CC1. The Kier molecular flexibility index (Phi) is 7.35. The fraction of sp³-hybridized carbons (Fsp3) is 0.429. The van der Waals surface area contributed by atoms with Crippen molar-refractivity contribution in [3.05, 3.63) is 65.7 Å². The molecule has 0 bridgehead atoms. The first kappa shape index (κ1) is 26.5. The standard InChI is InChI=1S/C28H31F3N4O2S/c1-19-15-17-35(18-16-19)25-11-6-12-26(33-25)38(36,37)34-24-14-13-23(28(29,30)31)27(32-24)22-10-5-4-9-21(22)20-7-2-3-8-20/h4-6,9-14,19-20H,2-3,7-8,15-18H2,1H3,(H,32,34). The molecule has 2 aromatic heterocycles. The Bertz CT molecular complexity index is 1400. The molecule has 1 N–H and O–H groups in total. The molecule has 6 nitrogen and oxygen atoms in total. The van der Waals surface area contributed by atoms with Crippen LogP contribution in [0.4, 0.5) is 24.8 Å². The van der Waals surface area contributed by atoms with E-state index >= 15 is 0 Å². The van der Waals surface area contributed by atoms with Crippen LogP contribution in [0.5, 0.6) is 0 Å². The third kappa shape index (κ3) is 5.65. The number of rotatable bonds is 6. The monoisotopic (exact) mass is 544 g/mol. The Balaban J connectivity index is 1.49. The van der Waals surface area contributed by atoms with Gasteiger partial charge >= 0.3 is 6.18 Å². The van der Waals surface area contributed by atoms with Gasteiger partial charge in [0.2, 0.25) is 0 Å². The lowest BCUT2D eigenvalue weighted by Gasteiger charge is -2.31. The van der Waals surface area contributed by atoms with Crippen molar-refractivity contribution in [1.82, 2.24) is 9.97 Å². The van der Waals surface area contributed by atoms with Gasteiger partial charge in [-0.05, 0) is 67.3 Å². The molecule has 0 spiro atoms. The number of halogens is 3. The topological polar surface area (TPSA) is 75.2 Å². The van der Waals surface area contributed by atoms with E-state index < -0.39 is 21.8 Å². The number of benzene rings is 1. The van der Waals surface area contributed by atoms with Crippen LogP contribution in [0, 0.1) is 5.92 Å². The predicted octanol–water partition coefficient (Wildman–Crippen LogP) is 6.86. The number of hydrogen-bond acceptors (Lipinski definition) is 5. The lowest BCUT2D eigenvalue weighted by molar-refractivity contribution is -0.137. The lowest BCUT2D eigenvalue weighted by Crippen LogP contribution is -2.33. The molecule has 5 rings (SSSR count). The van der Waals surface area contributed by atoms with Crippen molar-refractivity contribution in [2.45, 2.75) is 62.6 Å². The van der Waals surface area contributed by atoms with Crippen LogP contribution in [-0.2, 0) is 16.2 Å². The maximum atomic E-state index is 14.0. The molecule has 1 aliphatic carbocycles. The average molecular weight is 545 g/mol. The Morgan fingerprint density at radius 2 is 1.61 bits per heavy atom. The number of nitrogens with zero attached hydrogens (tertiary/aromatic N) is 3. The van der Waals surface area contributed by atoms with Crippen LogP contribution in [0.15, 0.2) is 59.6 Å². The number of anilines is 2. The highest BCUT2D eigenvalue weighted by Crippen LogP contribution is 2.43. The maximum absolute atomic E-state index is 14.0. The Hall–Kier alpha value is -3.14. The normalized spacial score (nSPS) is 17.6. The molecule has 10 heteroatoms. The van der Waals surface area contributed by atoms with Crippen molar-refractivity contribution in [3.63, 3.8) is 0 Å². The molecule has 0 unspecified atom stereocenters. The van der Waals surface area contributed by atoms with Gasteiger partial charge in [0.15, 0.2) is 5.03 Å². The summed E-state index contributed by atoms with van der Waals surface area (Å²) in [5, 5.41) is -0.205. The van der Waals surface area contributed by atoms with Gasteiger partial charge in [0.1, 0.15) is 11.6 Å². The number of alkyl halides is 3. The molecule has 2 fully saturated rings. The van der Waals surface area contributed by atoms with Gasteiger partial charge < -0.3 is 4.90 Å². The summed E-state index contributed by atoms with van der Waals surface area (Å²) in [5.74, 6) is 1.14. The summed E-state index contributed by atoms with van der Waals surface area (Å²) >= 11 is 0. The molecule has 0 radical (unpaired) electrons. The largest absolute Gasteiger partial charge is 0.418 e. The van der Waals surface area contributed by atoms with Gasteiger partial charge in [-0.3, -0.25) is 4.72 Å². The van der Waals surface area contributed by atoms with Crippen LogP contribution < -0.4 is 9.62 Å². The molecule has 1 saturated heterocycles. The fourth-order valence-corrected chi connectivity index (χ4v) is 6.38. The van der Waals surface area contributed by atoms with Crippen LogP contribution >= 0.6 is 0 Å². The number of pyridine rings is 2. The van der Waals surface area contributed by atoms with Gasteiger partial charge in [-0.1, -0.05) is 50.1 Å². The summed E-state index contributed by atoms with van der Waals surface area (Å²) < 4.78 is 70.9. The first-order chi connectivity index (χ1) is 18.1. The van der Waals surface area contributed by atoms with Crippen LogP contribution in [0.3, 0.4) is 0 Å². The fourth-order valence-electron chi connectivity index (χ4n) is 5.41. The van der Waals surface area contributed by atoms with Gasteiger partial charge in [-0.15, -0.1) is 0 Å². The summed E-state index contributed by atoms with van der Waals surface area (Å²) in [7, 11) is -4.19. The van der Waals surface area contributed by atoms with Gasteiger partial charge in [-0.25, -0.2) is 9.97 Å². The van der Waals surface area contributed by atoms with Crippen molar-refractivity contribution >= 4 is 21.7 Å². The lowest BCUT2D eigenvalue weighted by atomic mass is 9.90. The molecule has 1 aromatic carbocycles. The molecule has 3 aromatic rings. The molecule has 1 aliphatic heterocycles. The van der Waals surface area contributed by atoms with E-state index in [2.05, 4.69) is 21.6 Å². The number of nitrogens with one attached hydrogen (secondary N) is 1. The molecular formula is C28H31F3N4O2S. The number of piperidine rings is 1. The minimum absolute atomic E-state index is 0.152. The van der Waals surface area contributed by atoms with Crippen molar-refractivity contribution in [2.24, 2.45) is 5.92 Å². The Morgan fingerprint density at radius 3 is 2.32 bits per heavy atom. The molecule has 202 valence electrons. The molecule has 3 heterocycles. The minimum Gasteiger partial charge on any atom is -0.357 e. The summed E-state index contributed by atoms with van der Waals surface area (Å²) in [6.45, 7) is 3.76. The molecule has 1 saturated carbocycles. The van der Waals surface area contributed by atoms with E-state index in [9.17, 15) is 21.6 Å². The zero-order valence-electron chi connectivity index (χ0n) is 21.2. The quantitative estimate of drug-likeness (QED) is 0.367. The van der Waals surface area contributed by atoms with Gasteiger partial charge in [0, 0.05) is 18.7 Å². The van der Waals surface area contributed by atoms with Crippen LogP contribution in [0.1, 0.15) is 62.5 Å². The van der Waals surface area contributed by atoms with Crippen LogP contribution in [-0.4, -0.2) is 31.5 Å². The zero-order chi connectivity index (χ0) is 26.9. The Labute approximate surface area is 221 Å². The second-order valence-electron chi connectivity index (χ2n) is 10.3. The molecule has 0 amide bonds. The highest BCUT2D eigenvalue weighted by Gasteiger charge is 2.36. The first-order valence-electron chi connectivity index (χ1n) is 13.0. The van der Waals surface area contributed by atoms with E-state index in [1.165, 1.54) is 6.07 Å². The molecule has 0 atom stereocenters. The smallest absolute Gasteiger partial charge is 0.357 e. The van der Waals surface area contributed by atoms with E-state index in [-0.39, 0.29) is 22.5 Å². The van der Waals surface area contributed by atoms with Crippen molar-refractivity contribution in [3.8, 4) is 11.3 Å². The van der Waals surface area contributed by atoms with E-state index in [0.29, 0.717) is 17.3 Å². The van der Waals surface area contributed by atoms with E-state index in [1.807, 2.05) is 17.0 Å². The van der Waals surface area contributed by atoms with Gasteiger partial charge in [0.25, 0.3) is 10.0 Å². The third-order valence-electron chi connectivity index (χ3n) is 7.54. The summed E-state index contributed by atoms with van der Waals surface area (Å²) in [6, 6.07) is 13.7. The summed E-state index contributed by atoms with van der Waals surface area (Å²) in [4.78, 5) is 10.6. The maximum Gasteiger partial charge on any atom is 0.418 e. The summed E-state index contributed by atoms with van der Waals surface area (Å²) in [6.07, 6.45) is 1.21. The molecular weight excluding hydrogens is 513 g/mol. The molecule has 2 aliphatic rings. The Morgan fingerprint density at radius 1 is 0.895 bits per heavy atom. The van der Waals surface area contributed by atoms with E-state index in [0.717, 1.165) is 69.3 Å². The summed E-state index contributed by atoms with van der Waals surface area (Å²) in [5.41, 5.74) is 0.0233. The molecule has 38 heavy (non-hydrogen) atoms. The first-order valence-corrected chi connectivity index (χ1v) is 14.5. The highest BCUT2D eigenvalue weighted by atomic mass is 32.2. The second kappa shape index (κ2) is 10.6. The van der Waals surface area contributed by atoms with E-state index in [1.54, 1.807) is 24.3 Å². The number of aromatic nitrogens is 2. The van der Waals surface area contributed by atoms with Crippen molar-refractivity contribution < 1.29 is 21.6 Å². The third-order valence-corrected chi connectivity index (χ3v) is 8.80. The minimum atomic E-state index is -4.65. The predicted molar refractivity (Wildman–Crippen MR) is 142 cm³/mol. The average Bonchev–Trinajstić information content (AvgIpc) is 3.43. The van der Waals surface area contributed by atoms with Gasteiger partial charge in [-0.2, -0.15) is 21.6 Å². The number of sulfonamides is 1. The zero-order valence-corrected chi connectivity index (χ0v) is 22.0. The number of hydrogen-bond donors (Lipinski definition) is 1. The second-order valence-corrected chi connectivity index (χ2v) is 11.9. The van der Waals surface area contributed by atoms with Crippen LogP contribution in [0.2, 0.25) is 0 Å².